The molecule has 0 aliphatic heterocycles. The summed E-state index contributed by atoms with van der Waals surface area (Å²) in [5.41, 5.74) is 8.70. The van der Waals surface area contributed by atoms with Crippen molar-refractivity contribution in [2.75, 3.05) is 0 Å². The second-order valence-corrected chi connectivity index (χ2v) is 13.9. The first-order valence-corrected chi connectivity index (χ1v) is 20.6. The van der Waals surface area contributed by atoms with Crippen molar-refractivity contribution in [2.24, 2.45) is 0 Å². The molecular weight excluding hydrogens is 671 g/mol. The topological polar surface area (TPSA) is 0 Å². The summed E-state index contributed by atoms with van der Waals surface area (Å²) < 4.78 is 0. The quantitative estimate of drug-likeness (QED) is 0.123. The van der Waals surface area contributed by atoms with Crippen LogP contribution in [0.4, 0.5) is 0 Å². The molecule has 2 saturated carbocycles. The number of rotatable bonds is 0. The van der Waals surface area contributed by atoms with Gasteiger partial charge in [0.2, 0.25) is 0 Å². The Kier molecular flexibility index (Phi) is 23.6. The van der Waals surface area contributed by atoms with Crippen LogP contribution in [0.5, 0.6) is 0 Å². The molecule has 0 nitrogen and oxygen atoms in total. The standard InChI is InChI=1S/C21H25.2C7H13.C5H5.2ClH.Si.Zr/c1-20(2,3)16-7-9-18-14(12-16)11-15-13-17(21(4,5)6)8-10-19(15)18;2*1-2-4-6-7-5-3-1;1-2-4-5-3-1;;;;/h7-10,12H,11H2,1-6H3;2*1H,2-7H2;1-3H,4H2;2*1H;;/q4*-1;;;;. The van der Waals surface area contributed by atoms with Crippen LogP contribution < -0.4 is 0 Å². The van der Waals surface area contributed by atoms with Gasteiger partial charge in [-0.25, -0.2) is 12.2 Å². The molecule has 44 heavy (non-hydrogen) atoms. The predicted molar refractivity (Wildman–Crippen MR) is 197 cm³/mol. The fraction of sp³-hybridized carbons (Fsp3) is 0.550. The Morgan fingerprint density at radius 3 is 1.61 bits per heavy atom. The molecule has 0 heterocycles. The molecule has 0 saturated heterocycles. The summed E-state index contributed by atoms with van der Waals surface area (Å²) in [6.45, 7) is 16.7. The van der Waals surface area contributed by atoms with E-state index in [2.05, 4.69) is 110 Å². The second kappa shape index (κ2) is 23.8. The number of allylic oxidation sites excluding steroid dienone is 4. The second-order valence-electron chi connectivity index (χ2n) is 13.9. The zero-order chi connectivity index (χ0) is 30.8. The molecule has 0 unspecified atom stereocenters. The third-order valence-electron chi connectivity index (χ3n) is 8.18. The molecule has 4 aliphatic carbocycles. The number of benzene rings is 2. The van der Waals surface area contributed by atoms with Crippen molar-refractivity contribution in [1.82, 2.24) is 0 Å². The van der Waals surface area contributed by atoms with Crippen molar-refractivity contribution in [3.63, 3.8) is 0 Å². The molecule has 0 atom stereocenters. The van der Waals surface area contributed by atoms with Gasteiger partial charge >= 0.3 is 30.2 Å². The maximum atomic E-state index is 3.67. The van der Waals surface area contributed by atoms with Crippen LogP contribution >= 0.6 is 24.8 Å². The zero-order valence-corrected chi connectivity index (χ0v) is 33.6. The van der Waals surface area contributed by atoms with Gasteiger partial charge in [0.05, 0.1) is 0 Å². The summed E-state index contributed by atoms with van der Waals surface area (Å²) in [5, 5.41) is 0. The summed E-state index contributed by atoms with van der Waals surface area (Å²) in [5.74, 6) is 0. The molecule has 2 fully saturated rings. The molecule has 244 valence electrons. The summed E-state index contributed by atoms with van der Waals surface area (Å²) in [6.07, 6.45) is 33.0. The van der Waals surface area contributed by atoms with E-state index in [0.717, 1.165) is 12.8 Å². The fourth-order valence-corrected chi connectivity index (χ4v) is 5.52. The van der Waals surface area contributed by atoms with Crippen LogP contribution in [0, 0.1) is 25.0 Å². The molecule has 4 aliphatic rings. The van der Waals surface area contributed by atoms with Gasteiger partial charge < -0.3 is 12.8 Å². The van der Waals surface area contributed by atoms with E-state index >= 15 is 0 Å². The third kappa shape index (κ3) is 16.4. The summed E-state index contributed by atoms with van der Waals surface area (Å²) in [6, 6.07) is 15.2. The molecule has 0 N–H and O–H groups in total. The third-order valence-corrected chi connectivity index (χ3v) is 8.18. The van der Waals surface area contributed by atoms with Crippen LogP contribution in [-0.2, 0) is 40.6 Å². The van der Waals surface area contributed by atoms with E-state index in [1.54, 1.807) is 0 Å². The van der Waals surface area contributed by atoms with E-state index in [1.165, 1.54) is 134 Å². The van der Waals surface area contributed by atoms with E-state index in [0.29, 0.717) is 0 Å². The van der Waals surface area contributed by atoms with Gasteiger partial charge in [0, 0.05) is 0 Å². The molecule has 0 aromatic heterocycles. The number of hydrogen-bond donors (Lipinski definition) is 0. The summed E-state index contributed by atoms with van der Waals surface area (Å²) in [7, 11) is 0. The van der Waals surface area contributed by atoms with Crippen LogP contribution in [0.2, 0.25) is 0 Å². The van der Waals surface area contributed by atoms with Crippen molar-refractivity contribution < 1.29 is 23.3 Å². The maximum absolute atomic E-state index is 3.67. The first-order chi connectivity index (χ1) is 20.2. The van der Waals surface area contributed by atoms with E-state index in [4.69, 9.17) is 0 Å². The zero-order valence-electron chi connectivity index (χ0n) is 28.5. The predicted octanol–water partition coefficient (Wildman–Crippen LogP) is 12.5. The van der Waals surface area contributed by atoms with Gasteiger partial charge in [-0.1, -0.05) is 117 Å². The van der Waals surface area contributed by atoms with Crippen molar-refractivity contribution in [2.45, 2.75) is 142 Å². The van der Waals surface area contributed by atoms with Crippen LogP contribution in [0.3, 0.4) is 0 Å². The van der Waals surface area contributed by atoms with Gasteiger partial charge in [0.25, 0.3) is 0 Å². The van der Waals surface area contributed by atoms with E-state index < -0.39 is 0 Å². The van der Waals surface area contributed by atoms with Gasteiger partial charge in [-0.15, -0.1) is 42.4 Å². The molecule has 2 aromatic rings. The van der Waals surface area contributed by atoms with Gasteiger partial charge in [0.15, 0.2) is 0 Å². The summed E-state index contributed by atoms with van der Waals surface area (Å²) in [4.78, 5) is 0. The van der Waals surface area contributed by atoms with Gasteiger partial charge in [-0.3, -0.25) is 6.08 Å². The number of hydrogen-bond acceptors (Lipinski definition) is 0. The fourth-order valence-electron chi connectivity index (χ4n) is 5.52. The Hall–Kier alpha value is -0.400. The first-order valence-electron chi connectivity index (χ1n) is 16.5. The molecule has 0 amide bonds. The minimum atomic E-state index is 0. The monoisotopic (exact) mass is 726 g/mol. The van der Waals surface area contributed by atoms with Crippen molar-refractivity contribution in [1.29, 1.82) is 0 Å². The SMILES string of the molecule is CC(C)(C)c1[c-]c2c(cc1)-c1ccc(C(C)(C)C)cc1C2.Cl.Cl.[C-]1=CC=CC1.[CH-]1CCCCCC1.[CH-]1CCCCCC1.[Si]=[Zr]. The number of fused-ring (bicyclic) bond motifs is 3. The molecular formula is C40H58Cl2SiZr-4. The van der Waals surface area contributed by atoms with Crippen molar-refractivity contribution >= 4 is 31.7 Å². The van der Waals surface area contributed by atoms with Crippen LogP contribution in [0.25, 0.3) is 11.1 Å². The average molecular weight is 729 g/mol. The van der Waals surface area contributed by atoms with Gasteiger partial charge in [-0.05, 0) is 28.4 Å². The average Bonchev–Trinajstić information content (AvgIpc) is 3.44. The van der Waals surface area contributed by atoms with E-state index in [-0.39, 0.29) is 35.6 Å². The number of halogens is 2. The van der Waals surface area contributed by atoms with E-state index in [1.807, 2.05) is 12.2 Å². The molecule has 4 heteroatoms. The first kappa shape index (κ1) is 43.6. The molecule has 0 bridgehead atoms. The molecule has 0 spiro atoms. The Morgan fingerprint density at radius 2 is 1.20 bits per heavy atom. The normalized spacial score (nSPS) is 16.4. The Morgan fingerprint density at radius 1 is 0.682 bits per heavy atom. The molecule has 6 rings (SSSR count). The Balaban J connectivity index is 0.000000658. The van der Waals surface area contributed by atoms with Crippen LogP contribution in [-0.4, -0.2) is 6.88 Å². The van der Waals surface area contributed by atoms with Gasteiger partial charge in [0.1, 0.15) is 0 Å². The van der Waals surface area contributed by atoms with E-state index in [9.17, 15) is 0 Å². The molecule has 2 aromatic carbocycles. The Labute approximate surface area is 302 Å². The van der Waals surface area contributed by atoms with Gasteiger partial charge in [-0.2, -0.15) is 55.5 Å². The van der Waals surface area contributed by atoms with Crippen LogP contribution in [0.15, 0.2) is 48.6 Å². The van der Waals surface area contributed by atoms with Crippen molar-refractivity contribution in [3.05, 3.63) is 95.8 Å². The van der Waals surface area contributed by atoms with Crippen molar-refractivity contribution in [3.8, 4) is 11.1 Å². The van der Waals surface area contributed by atoms with Crippen LogP contribution in [0.1, 0.15) is 147 Å². The summed E-state index contributed by atoms with van der Waals surface area (Å²) >= 11 is 1.36. The molecule has 2 radical (unpaired) electrons. The minimum absolute atomic E-state index is 0. The Bertz CT molecular complexity index is 983.